The molecule has 1 aromatic heterocycles. The summed E-state index contributed by atoms with van der Waals surface area (Å²) in [5, 5.41) is 14.2. The molecular weight excluding hydrogens is 292 g/mol. The third-order valence-corrected chi connectivity index (χ3v) is 3.60. The van der Waals surface area contributed by atoms with Crippen molar-refractivity contribution in [1.29, 1.82) is 0 Å². The molecule has 0 spiro atoms. The summed E-state index contributed by atoms with van der Waals surface area (Å²) in [6, 6.07) is 5.51. The number of nitro groups is 1. The van der Waals surface area contributed by atoms with Crippen molar-refractivity contribution in [3.63, 3.8) is 0 Å². The second kappa shape index (κ2) is 6.14. The van der Waals surface area contributed by atoms with Crippen LogP contribution >= 0.6 is 11.3 Å². The molecule has 1 aromatic carbocycles. The van der Waals surface area contributed by atoms with Crippen molar-refractivity contribution < 1.29 is 9.72 Å². The fraction of sp³-hybridized carbons (Fsp3) is 0.0769. The summed E-state index contributed by atoms with van der Waals surface area (Å²) in [6.45, 7) is 4.06. The van der Waals surface area contributed by atoms with E-state index in [1.165, 1.54) is 24.3 Å². The minimum atomic E-state index is -0.552. The standard InChI is InChI=1S/C13H12N4O3S/c1-2-6-15-13-16-12(14)11(21-13)10(18)8-4-3-5-9(7-8)17(19)20/h2-5,7H,1,6,14H2,(H,15,16). The molecular formula is C13H12N4O3S. The van der Waals surface area contributed by atoms with Gasteiger partial charge in [0.2, 0.25) is 5.78 Å². The second-order valence-corrected chi connectivity index (χ2v) is 5.04. The van der Waals surface area contributed by atoms with Crippen LogP contribution in [-0.2, 0) is 0 Å². The Labute approximate surface area is 124 Å². The summed E-state index contributed by atoms with van der Waals surface area (Å²) < 4.78 is 0. The first kappa shape index (κ1) is 14.7. The fourth-order valence-electron chi connectivity index (χ4n) is 1.62. The summed E-state index contributed by atoms with van der Waals surface area (Å²) in [7, 11) is 0. The lowest BCUT2D eigenvalue weighted by Gasteiger charge is -1.99. The summed E-state index contributed by atoms with van der Waals surface area (Å²) >= 11 is 1.10. The van der Waals surface area contributed by atoms with Gasteiger partial charge in [-0.2, -0.15) is 0 Å². The van der Waals surface area contributed by atoms with E-state index in [4.69, 9.17) is 5.73 Å². The van der Waals surface area contributed by atoms with Crippen molar-refractivity contribution in [2.45, 2.75) is 0 Å². The van der Waals surface area contributed by atoms with Gasteiger partial charge in [-0.15, -0.1) is 6.58 Å². The lowest BCUT2D eigenvalue weighted by molar-refractivity contribution is -0.384. The van der Waals surface area contributed by atoms with Gasteiger partial charge in [0.15, 0.2) is 5.13 Å². The molecule has 2 aromatic rings. The van der Waals surface area contributed by atoms with E-state index in [9.17, 15) is 14.9 Å². The number of nitrogen functional groups attached to an aromatic ring is 1. The molecule has 0 aliphatic carbocycles. The van der Waals surface area contributed by atoms with Crippen LogP contribution in [0.3, 0.4) is 0 Å². The highest BCUT2D eigenvalue weighted by atomic mass is 32.1. The molecule has 0 radical (unpaired) electrons. The number of nitro benzene ring substituents is 1. The van der Waals surface area contributed by atoms with E-state index < -0.39 is 4.92 Å². The first-order valence-electron chi connectivity index (χ1n) is 5.93. The maximum atomic E-state index is 12.3. The Bertz CT molecular complexity index is 711. The smallest absolute Gasteiger partial charge is 0.270 e. The number of hydrogen-bond donors (Lipinski definition) is 2. The van der Waals surface area contributed by atoms with Crippen LogP contribution in [0.2, 0.25) is 0 Å². The quantitative estimate of drug-likeness (QED) is 0.367. The molecule has 0 saturated heterocycles. The monoisotopic (exact) mass is 304 g/mol. The van der Waals surface area contributed by atoms with Gasteiger partial charge in [-0.3, -0.25) is 14.9 Å². The molecule has 1 heterocycles. The number of nitrogens with one attached hydrogen (secondary N) is 1. The Hall–Kier alpha value is -2.74. The molecule has 0 amide bonds. The van der Waals surface area contributed by atoms with Gasteiger partial charge in [-0.1, -0.05) is 29.5 Å². The minimum Gasteiger partial charge on any atom is -0.382 e. The summed E-state index contributed by atoms with van der Waals surface area (Å²) in [4.78, 5) is 26.8. The number of carbonyl (C=O) groups is 1. The molecule has 3 N–H and O–H groups in total. The number of rotatable bonds is 6. The Kier molecular flexibility index (Phi) is 4.29. The summed E-state index contributed by atoms with van der Waals surface area (Å²) in [6.07, 6.45) is 1.65. The van der Waals surface area contributed by atoms with Gasteiger partial charge in [-0.25, -0.2) is 4.98 Å². The fourth-order valence-corrected chi connectivity index (χ4v) is 2.48. The lowest BCUT2D eigenvalue weighted by atomic mass is 10.1. The average molecular weight is 304 g/mol. The van der Waals surface area contributed by atoms with Crippen molar-refractivity contribution in [2.24, 2.45) is 0 Å². The molecule has 0 atom stereocenters. The van der Waals surface area contributed by atoms with Crippen molar-refractivity contribution >= 4 is 33.8 Å². The van der Waals surface area contributed by atoms with Crippen LogP contribution in [0.4, 0.5) is 16.6 Å². The summed E-state index contributed by atoms with van der Waals surface area (Å²) in [5.74, 6) is -0.288. The number of carbonyl (C=O) groups excluding carboxylic acids is 1. The van der Waals surface area contributed by atoms with Gasteiger partial charge < -0.3 is 11.1 Å². The number of anilines is 2. The zero-order valence-electron chi connectivity index (χ0n) is 10.9. The zero-order valence-corrected chi connectivity index (χ0v) is 11.7. The van der Waals surface area contributed by atoms with Crippen LogP contribution in [0.1, 0.15) is 15.2 Å². The van der Waals surface area contributed by atoms with Gasteiger partial charge in [0.1, 0.15) is 10.7 Å². The number of non-ortho nitro benzene ring substituents is 1. The molecule has 108 valence electrons. The normalized spacial score (nSPS) is 10.1. The number of hydrogen-bond acceptors (Lipinski definition) is 7. The zero-order chi connectivity index (χ0) is 15.4. The third kappa shape index (κ3) is 3.23. The third-order valence-electron chi connectivity index (χ3n) is 2.58. The van der Waals surface area contributed by atoms with Crippen LogP contribution < -0.4 is 11.1 Å². The molecule has 2 rings (SSSR count). The molecule has 0 aliphatic rings. The number of nitrogens with zero attached hydrogens (tertiary/aromatic N) is 2. The van der Waals surface area contributed by atoms with Crippen LogP contribution in [0.25, 0.3) is 0 Å². The van der Waals surface area contributed by atoms with Gasteiger partial charge in [0.25, 0.3) is 5.69 Å². The highest BCUT2D eigenvalue weighted by molar-refractivity contribution is 7.18. The van der Waals surface area contributed by atoms with Crippen LogP contribution in [0.5, 0.6) is 0 Å². The second-order valence-electron chi connectivity index (χ2n) is 4.04. The van der Waals surface area contributed by atoms with Crippen molar-refractivity contribution in [1.82, 2.24) is 4.98 Å². The first-order valence-corrected chi connectivity index (χ1v) is 6.74. The van der Waals surface area contributed by atoms with Gasteiger partial charge >= 0.3 is 0 Å². The molecule has 0 unspecified atom stereocenters. The number of benzene rings is 1. The number of aromatic nitrogens is 1. The molecule has 7 nitrogen and oxygen atoms in total. The SMILES string of the molecule is C=CCNc1nc(N)c(C(=O)c2cccc([N+](=O)[O-])c2)s1. The average Bonchev–Trinajstić information content (AvgIpc) is 2.85. The number of thiazole rings is 1. The Morgan fingerprint density at radius 3 is 3.00 bits per heavy atom. The summed E-state index contributed by atoms with van der Waals surface area (Å²) in [5.41, 5.74) is 5.79. The van der Waals surface area contributed by atoms with E-state index in [2.05, 4.69) is 16.9 Å². The topological polar surface area (TPSA) is 111 Å². The van der Waals surface area contributed by atoms with Gasteiger partial charge in [0.05, 0.1) is 4.92 Å². The Morgan fingerprint density at radius 1 is 1.57 bits per heavy atom. The molecule has 0 saturated carbocycles. The van der Waals surface area contributed by atoms with E-state index in [0.29, 0.717) is 11.7 Å². The van der Waals surface area contributed by atoms with Crippen LogP contribution in [0.15, 0.2) is 36.9 Å². The molecule has 8 heteroatoms. The predicted molar refractivity (Wildman–Crippen MR) is 81.7 cm³/mol. The highest BCUT2D eigenvalue weighted by Gasteiger charge is 2.19. The Morgan fingerprint density at radius 2 is 2.33 bits per heavy atom. The van der Waals surface area contributed by atoms with E-state index in [-0.39, 0.29) is 27.7 Å². The van der Waals surface area contributed by atoms with Crippen molar-refractivity contribution in [2.75, 3.05) is 17.6 Å². The predicted octanol–water partition coefficient (Wildman–Crippen LogP) is 2.46. The maximum Gasteiger partial charge on any atom is 0.270 e. The van der Waals surface area contributed by atoms with Crippen molar-refractivity contribution in [3.05, 3.63) is 57.5 Å². The highest BCUT2D eigenvalue weighted by Crippen LogP contribution is 2.28. The minimum absolute atomic E-state index is 0.100. The van der Waals surface area contributed by atoms with Crippen molar-refractivity contribution in [3.8, 4) is 0 Å². The lowest BCUT2D eigenvalue weighted by Crippen LogP contribution is -2.03. The van der Waals surface area contributed by atoms with E-state index in [1.54, 1.807) is 6.08 Å². The molecule has 21 heavy (non-hydrogen) atoms. The van der Waals surface area contributed by atoms with Gasteiger partial charge in [-0.05, 0) is 0 Å². The van der Waals surface area contributed by atoms with Crippen LogP contribution in [-0.4, -0.2) is 22.2 Å². The van der Waals surface area contributed by atoms with Gasteiger partial charge in [0, 0.05) is 24.2 Å². The Balaban J connectivity index is 2.31. The maximum absolute atomic E-state index is 12.3. The van der Waals surface area contributed by atoms with E-state index in [1.807, 2.05) is 0 Å². The number of nitrogens with two attached hydrogens (primary N) is 1. The largest absolute Gasteiger partial charge is 0.382 e. The molecule has 0 fully saturated rings. The van der Waals surface area contributed by atoms with E-state index in [0.717, 1.165) is 11.3 Å². The molecule has 0 bridgehead atoms. The molecule has 0 aliphatic heterocycles. The first-order chi connectivity index (χ1) is 10.0. The van der Waals surface area contributed by atoms with E-state index >= 15 is 0 Å². The van der Waals surface area contributed by atoms with Crippen LogP contribution in [0, 0.1) is 10.1 Å². The number of ketones is 1.